The highest BCUT2D eigenvalue weighted by Gasteiger charge is 2.08. The van der Waals surface area contributed by atoms with Crippen LogP contribution in [0.25, 0.3) is 11.0 Å². The van der Waals surface area contributed by atoms with Crippen LogP contribution in [-0.4, -0.2) is 11.7 Å². The number of aryl methyl sites for hydroxylation is 1. The number of phenols is 1. The first-order valence-corrected chi connectivity index (χ1v) is 7.80. The fraction of sp³-hybridized carbons (Fsp3) is 0.211. The Morgan fingerprint density at radius 2 is 2.04 bits per heavy atom. The molecular formula is C19H19NO4. The molecule has 0 unspecified atom stereocenters. The van der Waals surface area contributed by atoms with Gasteiger partial charge in [0, 0.05) is 35.3 Å². The van der Waals surface area contributed by atoms with Crippen molar-refractivity contribution in [2.24, 2.45) is 0 Å². The zero-order chi connectivity index (χ0) is 17.1. The number of phenolic OH excluding ortho intramolecular Hbond substituents is 1. The molecule has 0 amide bonds. The minimum Gasteiger partial charge on any atom is -0.504 e. The van der Waals surface area contributed by atoms with Gasteiger partial charge in [-0.05, 0) is 37.6 Å². The third-order valence-electron chi connectivity index (χ3n) is 3.82. The summed E-state index contributed by atoms with van der Waals surface area (Å²) in [4.78, 5) is 11.5. The lowest BCUT2D eigenvalue weighted by atomic mass is 10.1. The maximum absolute atomic E-state index is 11.5. The number of ether oxygens (including phenoxy) is 1. The quantitative estimate of drug-likeness (QED) is 0.698. The molecule has 0 spiro atoms. The van der Waals surface area contributed by atoms with Gasteiger partial charge in [-0.2, -0.15) is 0 Å². The molecule has 124 valence electrons. The largest absolute Gasteiger partial charge is 0.504 e. The lowest BCUT2D eigenvalue weighted by molar-refractivity contribution is 0.317. The summed E-state index contributed by atoms with van der Waals surface area (Å²) in [7, 11) is 0. The molecular weight excluding hydrogens is 306 g/mol. The van der Waals surface area contributed by atoms with E-state index in [9.17, 15) is 9.90 Å². The fourth-order valence-electron chi connectivity index (χ4n) is 2.61. The van der Waals surface area contributed by atoms with Gasteiger partial charge in [-0.15, -0.1) is 0 Å². The van der Waals surface area contributed by atoms with Crippen LogP contribution in [0.5, 0.6) is 11.5 Å². The van der Waals surface area contributed by atoms with E-state index < -0.39 is 0 Å². The smallest absolute Gasteiger partial charge is 0.336 e. The van der Waals surface area contributed by atoms with E-state index in [4.69, 9.17) is 9.15 Å². The number of hydrogen-bond acceptors (Lipinski definition) is 5. The van der Waals surface area contributed by atoms with Crippen molar-refractivity contribution in [2.45, 2.75) is 20.4 Å². The van der Waals surface area contributed by atoms with Gasteiger partial charge in [0.25, 0.3) is 0 Å². The van der Waals surface area contributed by atoms with Gasteiger partial charge >= 0.3 is 5.63 Å². The molecule has 1 aromatic heterocycles. The predicted octanol–water partition coefficient (Wildman–Crippen LogP) is 3.82. The van der Waals surface area contributed by atoms with Crippen LogP contribution in [0.4, 0.5) is 5.69 Å². The summed E-state index contributed by atoms with van der Waals surface area (Å²) < 4.78 is 10.6. The van der Waals surface area contributed by atoms with E-state index in [1.54, 1.807) is 12.1 Å². The molecule has 0 fully saturated rings. The Bertz CT molecular complexity index is 930. The Balaban J connectivity index is 1.83. The van der Waals surface area contributed by atoms with Crippen molar-refractivity contribution in [3.63, 3.8) is 0 Å². The average Bonchev–Trinajstić information content (AvgIpc) is 2.55. The Kier molecular flexibility index (Phi) is 4.42. The molecule has 0 aliphatic carbocycles. The number of rotatable bonds is 5. The molecule has 5 nitrogen and oxygen atoms in total. The molecule has 0 bridgehead atoms. The van der Waals surface area contributed by atoms with Gasteiger partial charge < -0.3 is 19.6 Å². The van der Waals surface area contributed by atoms with Crippen LogP contribution in [0, 0.1) is 6.92 Å². The molecule has 0 aliphatic rings. The van der Waals surface area contributed by atoms with E-state index in [1.165, 1.54) is 6.07 Å². The first kappa shape index (κ1) is 15.9. The lowest BCUT2D eigenvalue weighted by Crippen LogP contribution is -2.02. The molecule has 3 rings (SSSR count). The van der Waals surface area contributed by atoms with Gasteiger partial charge in [-0.1, -0.05) is 12.1 Å². The van der Waals surface area contributed by atoms with Crippen molar-refractivity contribution >= 4 is 16.7 Å². The van der Waals surface area contributed by atoms with Crippen LogP contribution in [0.15, 0.2) is 51.7 Å². The summed E-state index contributed by atoms with van der Waals surface area (Å²) in [5, 5.41) is 14.3. The summed E-state index contributed by atoms with van der Waals surface area (Å²) in [6.07, 6.45) is 0. The molecule has 0 saturated carbocycles. The van der Waals surface area contributed by atoms with Gasteiger partial charge in [0.05, 0.1) is 6.61 Å². The minimum absolute atomic E-state index is 0.134. The monoisotopic (exact) mass is 325 g/mol. The molecule has 0 saturated heterocycles. The summed E-state index contributed by atoms with van der Waals surface area (Å²) in [5.74, 6) is 0.604. The van der Waals surface area contributed by atoms with Gasteiger partial charge in [0.1, 0.15) is 5.58 Å². The molecule has 2 aromatic carbocycles. The predicted molar refractivity (Wildman–Crippen MR) is 93.8 cm³/mol. The first-order valence-electron chi connectivity index (χ1n) is 7.80. The molecule has 3 aromatic rings. The lowest BCUT2D eigenvalue weighted by Gasteiger charge is -2.12. The van der Waals surface area contributed by atoms with Gasteiger partial charge in [0.2, 0.25) is 0 Å². The second kappa shape index (κ2) is 6.66. The van der Waals surface area contributed by atoms with Crippen molar-refractivity contribution in [1.82, 2.24) is 0 Å². The average molecular weight is 325 g/mol. The fourth-order valence-corrected chi connectivity index (χ4v) is 2.61. The topological polar surface area (TPSA) is 71.7 Å². The molecule has 24 heavy (non-hydrogen) atoms. The minimum atomic E-state index is -0.362. The van der Waals surface area contributed by atoms with Crippen molar-refractivity contribution < 1.29 is 14.3 Å². The Morgan fingerprint density at radius 1 is 1.21 bits per heavy atom. The zero-order valence-corrected chi connectivity index (χ0v) is 13.6. The van der Waals surface area contributed by atoms with Crippen LogP contribution >= 0.6 is 0 Å². The SMILES string of the molecule is CCOc1cccc(CNc2ccc3c(C)cc(=O)oc3c2)c1O. The van der Waals surface area contributed by atoms with E-state index in [0.717, 1.165) is 22.2 Å². The zero-order valence-electron chi connectivity index (χ0n) is 13.6. The van der Waals surface area contributed by atoms with Crippen LogP contribution in [0.2, 0.25) is 0 Å². The normalized spacial score (nSPS) is 10.8. The molecule has 5 heteroatoms. The number of nitrogens with one attached hydrogen (secondary N) is 1. The molecule has 0 radical (unpaired) electrons. The molecule has 0 atom stereocenters. The number of para-hydroxylation sites is 1. The first-order chi connectivity index (χ1) is 11.6. The third-order valence-corrected chi connectivity index (χ3v) is 3.82. The highest BCUT2D eigenvalue weighted by Crippen LogP contribution is 2.30. The molecule has 2 N–H and O–H groups in total. The Hall–Kier alpha value is -2.95. The van der Waals surface area contributed by atoms with Crippen molar-refractivity contribution in [3.05, 3.63) is 64.0 Å². The van der Waals surface area contributed by atoms with Crippen molar-refractivity contribution in [3.8, 4) is 11.5 Å². The summed E-state index contributed by atoms with van der Waals surface area (Å²) in [5.41, 5.74) is 2.59. The van der Waals surface area contributed by atoms with Crippen LogP contribution in [-0.2, 0) is 6.54 Å². The molecule has 1 heterocycles. The number of fused-ring (bicyclic) bond motifs is 1. The van der Waals surface area contributed by atoms with Crippen LogP contribution in [0.1, 0.15) is 18.1 Å². The van der Waals surface area contributed by atoms with E-state index in [-0.39, 0.29) is 11.4 Å². The summed E-state index contributed by atoms with van der Waals surface area (Å²) in [6, 6.07) is 12.5. The maximum atomic E-state index is 11.5. The van der Waals surface area contributed by atoms with E-state index in [1.807, 2.05) is 38.1 Å². The number of benzene rings is 2. The van der Waals surface area contributed by atoms with Crippen LogP contribution in [0.3, 0.4) is 0 Å². The summed E-state index contributed by atoms with van der Waals surface area (Å²) in [6.45, 7) is 4.67. The Morgan fingerprint density at radius 3 is 2.83 bits per heavy atom. The second-order valence-corrected chi connectivity index (χ2v) is 5.51. The molecule has 0 aliphatic heterocycles. The van der Waals surface area contributed by atoms with E-state index in [2.05, 4.69) is 5.32 Å². The maximum Gasteiger partial charge on any atom is 0.336 e. The standard InChI is InChI=1S/C19H19NO4/c1-3-23-16-6-4-5-13(19(16)22)11-20-14-7-8-15-12(2)9-18(21)24-17(15)10-14/h4-10,20,22H,3,11H2,1-2H3. The van der Waals surface area contributed by atoms with Crippen LogP contribution < -0.4 is 15.7 Å². The van der Waals surface area contributed by atoms with Gasteiger partial charge in [0.15, 0.2) is 11.5 Å². The number of hydrogen-bond donors (Lipinski definition) is 2. The van der Waals surface area contributed by atoms with E-state index in [0.29, 0.717) is 24.5 Å². The van der Waals surface area contributed by atoms with Gasteiger partial charge in [-0.25, -0.2) is 4.79 Å². The highest BCUT2D eigenvalue weighted by atomic mass is 16.5. The Labute approximate surface area is 139 Å². The van der Waals surface area contributed by atoms with Gasteiger partial charge in [-0.3, -0.25) is 0 Å². The van der Waals surface area contributed by atoms with Crippen molar-refractivity contribution in [1.29, 1.82) is 0 Å². The van der Waals surface area contributed by atoms with Crippen molar-refractivity contribution in [2.75, 3.05) is 11.9 Å². The summed E-state index contributed by atoms with van der Waals surface area (Å²) >= 11 is 0. The second-order valence-electron chi connectivity index (χ2n) is 5.51. The highest BCUT2D eigenvalue weighted by molar-refractivity contribution is 5.83. The third kappa shape index (κ3) is 3.20. The van der Waals surface area contributed by atoms with E-state index >= 15 is 0 Å². The number of anilines is 1. The number of aromatic hydroxyl groups is 1.